The molecule has 0 radical (unpaired) electrons. The minimum absolute atomic E-state index is 0. The Bertz CT molecular complexity index is 1010. The Morgan fingerprint density at radius 3 is 2.86 bits per heavy atom. The van der Waals surface area contributed by atoms with Crippen molar-refractivity contribution in [1.82, 2.24) is 4.90 Å². The van der Waals surface area contributed by atoms with Gasteiger partial charge >= 0.3 is 29.6 Å². The quantitative estimate of drug-likeness (QED) is 0.241. The van der Waals surface area contributed by atoms with E-state index in [1.807, 2.05) is 0 Å². The molecule has 4 atom stereocenters. The molecule has 2 aliphatic carbocycles. The second-order valence-electron chi connectivity index (χ2n) is 8.03. The fraction of sp³-hybridized carbons (Fsp3) is 0.526. The van der Waals surface area contributed by atoms with Gasteiger partial charge in [0.2, 0.25) is 0 Å². The Morgan fingerprint density at radius 1 is 1.41 bits per heavy atom. The Balaban J connectivity index is 0.00000205. The van der Waals surface area contributed by atoms with Crippen LogP contribution < -0.4 is 38.5 Å². The average molecular weight is 429 g/mol. The number of hydrogen-bond acceptors (Lipinski definition) is 8. The molecule has 150 valence electrons. The monoisotopic (exact) mass is 429 g/mol. The van der Waals surface area contributed by atoms with E-state index in [-0.39, 0.29) is 59.3 Å². The molecule has 1 spiro atoms. The van der Waals surface area contributed by atoms with Crippen LogP contribution in [0.1, 0.15) is 30.4 Å². The van der Waals surface area contributed by atoms with Crippen LogP contribution in [0.3, 0.4) is 0 Å². The number of ether oxygens (including phenoxy) is 1. The summed E-state index contributed by atoms with van der Waals surface area (Å²) in [6, 6.07) is 2.89. The third-order valence-corrected chi connectivity index (χ3v) is 7.29. The largest absolute Gasteiger partial charge is 1.00 e. The van der Waals surface area contributed by atoms with Gasteiger partial charge in [-0.25, -0.2) is 8.42 Å². The average Bonchev–Trinajstić information content (AvgIpc) is 2.97. The molecule has 5 rings (SSSR count). The first-order valence-electron chi connectivity index (χ1n) is 9.29. The van der Waals surface area contributed by atoms with Crippen LogP contribution in [0.2, 0.25) is 0 Å². The third kappa shape index (κ3) is 2.72. The van der Waals surface area contributed by atoms with Crippen LogP contribution in [0.25, 0.3) is 0 Å². The summed E-state index contributed by atoms with van der Waals surface area (Å²) in [6.07, 6.45) is 2.40. The number of carbonyl (C=O) groups is 1. The predicted octanol–water partition coefficient (Wildman–Crippen LogP) is -2.56. The molecule has 0 unspecified atom stereocenters. The molecule has 2 fully saturated rings. The number of ketones is 1. The fourth-order valence-electron chi connectivity index (χ4n) is 5.96. The van der Waals surface area contributed by atoms with E-state index >= 15 is 0 Å². The summed E-state index contributed by atoms with van der Waals surface area (Å²) < 4.78 is 44.1. The fourth-order valence-corrected chi connectivity index (χ4v) is 6.31. The van der Waals surface area contributed by atoms with Crippen LogP contribution in [0, 0.1) is 0 Å². The van der Waals surface area contributed by atoms with E-state index in [1.54, 1.807) is 12.1 Å². The molecular formula is C19H20NNaO7S. The molecule has 1 aromatic carbocycles. The maximum atomic E-state index is 12.8. The molecule has 1 saturated carbocycles. The molecule has 1 N–H and O–H groups in total. The van der Waals surface area contributed by atoms with Gasteiger partial charge in [-0.2, -0.15) is 0 Å². The standard InChI is InChI=1S/C19H21NO7S.Na/c1-2-8-20-9-7-18-15-11-3-4-13(27-28(23,24)25)16(15)26-17(18)12(21)5-6-19(18,22)14(20)10-11;/h2-4,14,17,22H,1,5-10H2,(H,23,24,25);/q;+1/p-1/t14-,17-,18+,19-;/m1./s1. The van der Waals surface area contributed by atoms with Crippen LogP contribution in [0.5, 0.6) is 11.5 Å². The molecule has 1 aromatic rings. The first-order chi connectivity index (χ1) is 13.2. The number of carbonyl (C=O) groups excluding carboxylic acids is 1. The number of likely N-dealkylation sites (tertiary alicyclic amines) is 1. The predicted molar refractivity (Wildman–Crippen MR) is 95.9 cm³/mol. The van der Waals surface area contributed by atoms with Crippen LogP contribution in [-0.4, -0.2) is 59.6 Å². The number of aliphatic hydroxyl groups is 1. The smallest absolute Gasteiger partial charge is 0.716 e. The topological polar surface area (TPSA) is 116 Å². The minimum atomic E-state index is -5.00. The van der Waals surface area contributed by atoms with Crippen molar-refractivity contribution >= 4 is 16.2 Å². The molecule has 1 saturated heterocycles. The molecule has 29 heavy (non-hydrogen) atoms. The molecule has 4 aliphatic rings. The van der Waals surface area contributed by atoms with E-state index in [1.165, 1.54) is 6.07 Å². The molecule has 2 heterocycles. The zero-order chi connectivity index (χ0) is 19.9. The van der Waals surface area contributed by atoms with E-state index in [0.29, 0.717) is 37.9 Å². The summed E-state index contributed by atoms with van der Waals surface area (Å²) in [6.45, 7) is 5.08. The van der Waals surface area contributed by atoms with Crippen LogP contribution in [0.4, 0.5) is 0 Å². The molecular weight excluding hydrogens is 409 g/mol. The van der Waals surface area contributed by atoms with Gasteiger partial charge in [0.15, 0.2) is 23.4 Å². The SMILES string of the molecule is C=CCN1CC[C@]23c4c5ccc(OS(=O)(=O)[O-])c4O[C@@H]2C(=O)CC[C@@]3(O)[C@H]1C5.[Na+]. The zero-order valence-corrected chi connectivity index (χ0v) is 18.9. The van der Waals surface area contributed by atoms with Crippen LogP contribution in [-0.2, 0) is 27.0 Å². The van der Waals surface area contributed by atoms with Crippen molar-refractivity contribution in [3.8, 4) is 11.5 Å². The summed E-state index contributed by atoms with van der Waals surface area (Å²) in [4.78, 5) is 15.0. The van der Waals surface area contributed by atoms with Crippen molar-refractivity contribution in [2.75, 3.05) is 13.1 Å². The molecule has 2 aliphatic heterocycles. The van der Waals surface area contributed by atoms with Crippen molar-refractivity contribution in [2.45, 2.75) is 48.8 Å². The second kappa shape index (κ2) is 6.78. The van der Waals surface area contributed by atoms with Gasteiger partial charge in [0, 0.05) is 31.1 Å². The Kier molecular flexibility index (Phi) is 4.98. The number of Topliss-reactive ketones (excluding diaryl/α,β-unsaturated/α-hetero) is 1. The number of benzene rings is 1. The van der Waals surface area contributed by atoms with Crippen molar-refractivity contribution < 1.29 is 61.3 Å². The zero-order valence-electron chi connectivity index (χ0n) is 16.1. The molecule has 10 heteroatoms. The van der Waals surface area contributed by atoms with Gasteiger partial charge in [0.1, 0.15) is 0 Å². The van der Waals surface area contributed by atoms with Gasteiger partial charge in [0.25, 0.3) is 10.4 Å². The van der Waals surface area contributed by atoms with Crippen molar-refractivity contribution in [1.29, 1.82) is 0 Å². The number of rotatable bonds is 4. The molecule has 0 amide bonds. The Labute approximate surface area is 191 Å². The molecule has 0 aromatic heterocycles. The van der Waals surface area contributed by atoms with E-state index in [4.69, 9.17) is 4.74 Å². The molecule has 8 nitrogen and oxygen atoms in total. The van der Waals surface area contributed by atoms with Gasteiger partial charge in [-0.05, 0) is 30.9 Å². The number of piperidine rings is 1. The maximum absolute atomic E-state index is 12.8. The summed E-state index contributed by atoms with van der Waals surface area (Å²) in [5.74, 6) is -0.244. The minimum Gasteiger partial charge on any atom is -0.716 e. The van der Waals surface area contributed by atoms with Crippen LogP contribution in [0.15, 0.2) is 24.8 Å². The van der Waals surface area contributed by atoms with Gasteiger partial charge in [-0.3, -0.25) is 9.69 Å². The van der Waals surface area contributed by atoms with E-state index in [0.717, 1.165) is 5.56 Å². The van der Waals surface area contributed by atoms with Gasteiger partial charge < -0.3 is 18.6 Å². The summed E-state index contributed by atoms with van der Waals surface area (Å²) in [7, 11) is -5.00. The van der Waals surface area contributed by atoms with E-state index < -0.39 is 27.5 Å². The van der Waals surface area contributed by atoms with Crippen molar-refractivity contribution in [2.24, 2.45) is 0 Å². The molecule has 2 bridgehead atoms. The van der Waals surface area contributed by atoms with Crippen molar-refractivity contribution in [3.05, 3.63) is 35.9 Å². The van der Waals surface area contributed by atoms with E-state index in [9.17, 15) is 22.9 Å². The summed E-state index contributed by atoms with van der Waals surface area (Å²) in [5, 5.41) is 11.9. The van der Waals surface area contributed by atoms with Crippen molar-refractivity contribution in [3.63, 3.8) is 0 Å². The normalized spacial score (nSPS) is 34.6. The third-order valence-electron chi connectivity index (χ3n) is 6.91. The first-order valence-corrected chi connectivity index (χ1v) is 10.6. The van der Waals surface area contributed by atoms with Crippen LogP contribution >= 0.6 is 0 Å². The Hall–Kier alpha value is -0.940. The van der Waals surface area contributed by atoms with E-state index in [2.05, 4.69) is 15.7 Å². The second-order valence-corrected chi connectivity index (χ2v) is 9.02. The Morgan fingerprint density at radius 2 is 2.17 bits per heavy atom. The summed E-state index contributed by atoms with van der Waals surface area (Å²) in [5.41, 5.74) is -0.644. The van der Waals surface area contributed by atoms with Gasteiger partial charge in [0.05, 0.1) is 11.0 Å². The number of nitrogens with zero attached hydrogens (tertiary/aromatic N) is 1. The summed E-state index contributed by atoms with van der Waals surface area (Å²) >= 11 is 0. The maximum Gasteiger partial charge on any atom is 1.00 e. The first kappa shape index (κ1) is 21.3. The number of hydrogen-bond donors (Lipinski definition) is 1. The van der Waals surface area contributed by atoms with Gasteiger partial charge in [-0.1, -0.05) is 12.1 Å². The van der Waals surface area contributed by atoms with Gasteiger partial charge in [-0.15, -0.1) is 6.58 Å².